The summed E-state index contributed by atoms with van der Waals surface area (Å²) in [6.45, 7) is 2.02. The Labute approximate surface area is 116 Å². The number of nitrogens with zero attached hydrogens (tertiary/aromatic N) is 1. The number of benzene rings is 1. The predicted octanol–water partition coefficient (Wildman–Crippen LogP) is 2.98. The summed E-state index contributed by atoms with van der Waals surface area (Å²) >= 11 is 5.86. The molecule has 1 aromatic carbocycles. The lowest BCUT2D eigenvalue weighted by atomic mass is 10.2. The molecule has 0 atom stereocenters. The molecule has 0 amide bonds. The minimum Gasteiger partial charge on any atom is -0.456 e. The normalized spacial score (nSPS) is 10.2. The van der Waals surface area contributed by atoms with Gasteiger partial charge in [0.2, 0.25) is 0 Å². The van der Waals surface area contributed by atoms with Crippen LogP contribution in [-0.4, -0.2) is 11.0 Å². The summed E-state index contributed by atoms with van der Waals surface area (Å²) in [5.41, 5.74) is 7.91. The van der Waals surface area contributed by atoms with Gasteiger partial charge < -0.3 is 10.5 Å². The standard InChI is InChI=1S/C14H13ClN2O2/c1-9-4-3-7-17-12(9)8-19-14(18)10-5-2-6-11(15)13(10)16/h2-7H,8,16H2,1H3. The molecule has 1 aromatic heterocycles. The van der Waals surface area contributed by atoms with Crippen molar-refractivity contribution in [3.63, 3.8) is 0 Å². The number of halogens is 1. The Bertz CT molecular complexity index is 614. The van der Waals surface area contributed by atoms with E-state index in [4.69, 9.17) is 22.1 Å². The second kappa shape index (κ2) is 5.71. The van der Waals surface area contributed by atoms with Crippen molar-refractivity contribution < 1.29 is 9.53 Å². The Morgan fingerprint density at radius 2 is 2.16 bits per heavy atom. The Morgan fingerprint density at radius 1 is 1.37 bits per heavy atom. The molecule has 0 aliphatic rings. The van der Waals surface area contributed by atoms with Gasteiger partial charge in [-0.05, 0) is 30.7 Å². The molecule has 0 bridgehead atoms. The molecule has 0 fully saturated rings. The molecule has 0 radical (unpaired) electrons. The highest BCUT2D eigenvalue weighted by Gasteiger charge is 2.13. The van der Waals surface area contributed by atoms with Gasteiger partial charge in [0.05, 0.1) is 22.0 Å². The van der Waals surface area contributed by atoms with Crippen molar-refractivity contribution in [2.24, 2.45) is 0 Å². The van der Waals surface area contributed by atoms with Gasteiger partial charge in [-0.25, -0.2) is 4.79 Å². The van der Waals surface area contributed by atoms with Gasteiger partial charge in [0, 0.05) is 6.20 Å². The number of rotatable bonds is 3. The quantitative estimate of drug-likeness (QED) is 0.691. The van der Waals surface area contributed by atoms with E-state index in [1.165, 1.54) is 0 Å². The van der Waals surface area contributed by atoms with Gasteiger partial charge in [-0.15, -0.1) is 0 Å². The van der Waals surface area contributed by atoms with Gasteiger partial charge in [-0.1, -0.05) is 23.7 Å². The number of hydrogen-bond donors (Lipinski definition) is 1. The summed E-state index contributed by atoms with van der Waals surface area (Å²) in [4.78, 5) is 16.1. The Morgan fingerprint density at radius 3 is 2.89 bits per heavy atom. The number of carbonyl (C=O) groups is 1. The molecule has 2 N–H and O–H groups in total. The molecule has 0 saturated carbocycles. The third-order valence-electron chi connectivity index (χ3n) is 2.73. The number of nitrogens with two attached hydrogens (primary N) is 1. The van der Waals surface area contributed by atoms with Crippen LogP contribution in [0.3, 0.4) is 0 Å². The van der Waals surface area contributed by atoms with Gasteiger partial charge >= 0.3 is 5.97 Å². The zero-order valence-electron chi connectivity index (χ0n) is 10.4. The number of pyridine rings is 1. The van der Waals surface area contributed by atoms with Crippen molar-refractivity contribution in [1.29, 1.82) is 0 Å². The zero-order chi connectivity index (χ0) is 13.8. The van der Waals surface area contributed by atoms with Crippen LogP contribution < -0.4 is 5.73 Å². The predicted molar refractivity (Wildman–Crippen MR) is 74.0 cm³/mol. The van der Waals surface area contributed by atoms with Crippen molar-refractivity contribution in [2.45, 2.75) is 13.5 Å². The highest BCUT2D eigenvalue weighted by molar-refractivity contribution is 6.33. The average molecular weight is 277 g/mol. The van der Waals surface area contributed by atoms with Crippen LogP contribution in [0.15, 0.2) is 36.5 Å². The molecule has 19 heavy (non-hydrogen) atoms. The summed E-state index contributed by atoms with van der Waals surface area (Å²) in [6.07, 6.45) is 1.66. The van der Waals surface area contributed by atoms with Crippen molar-refractivity contribution >= 4 is 23.3 Å². The van der Waals surface area contributed by atoms with Gasteiger partial charge in [0.25, 0.3) is 0 Å². The van der Waals surface area contributed by atoms with E-state index in [-0.39, 0.29) is 17.9 Å². The SMILES string of the molecule is Cc1cccnc1COC(=O)c1cccc(Cl)c1N. The summed E-state index contributed by atoms with van der Waals surface area (Å²) < 4.78 is 5.19. The van der Waals surface area contributed by atoms with E-state index < -0.39 is 5.97 Å². The van der Waals surface area contributed by atoms with Crippen molar-refractivity contribution in [2.75, 3.05) is 5.73 Å². The highest BCUT2D eigenvalue weighted by Crippen LogP contribution is 2.23. The van der Waals surface area contributed by atoms with Crippen LogP contribution >= 0.6 is 11.6 Å². The molecular formula is C14H13ClN2O2. The van der Waals surface area contributed by atoms with Crippen molar-refractivity contribution in [3.05, 3.63) is 58.4 Å². The number of carbonyl (C=O) groups excluding carboxylic acids is 1. The summed E-state index contributed by atoms with van der Waals surface area (Å²) in [5, 5.41) is 0.337. The summed E-state index contributed by atoms with van der Waals surface area (Å²) in [5.74, 6) is -0.509. The lowest BCUT2D eigenvalue weighted by Gasteiger charge is -2.08. The van der Waals surface area contributed by atoms with Crippen LogP contribution in [0, 0.1) is 6.92 Å². The van der Waals surface area contributed by atoms with Gasteiger partial charge in [0.15, 0.2) is 0 Å². The third-order valence-corrected chi connectivity index (χ3v) is 3.06. The average Bonchev–Trinajstić information content (AvgIpc) is 2.40. The Balaban J connectivity index is 2.10. The first-order chi connectivity index (χ1) is 9.09. The van der Waals surface area contributed by atoms with Gasteiger partial charge in [-0.3, -0.25) is 4.98 Å². The Kier molecular flexibility index (Phi) is 4.02. The summed E-state index contributed by atoms with van der Waals surface area (Å²) in [6, 6.07) is 8.59. The molecule has 5 heteroatoms. The third kappa shape index (κ3) is 3.03. The van der Waals surface area contributed by atoms with Crippen molar-refractivity contribution in [1.82, 2.24) is 4.98 Å². The molecule has 98 valence electrons. The molecule has 0 aliphatic carbocycles. The fourth-order valence-corrected chi connectivity index (χ4v) is 1.77. The number of hydrogen-bond acceptors (Lipinski definition) is 4. The first-order valence-electron chi connectivity index (χ1n) is 5.71. The molecule has 4 nitrogen and oxygen atoms in total. The van der Waals surface area contributed by atoms with Crippen LogP contribution in [0.5, 0.6) is 0 Å². The van der Waals surface area contributed by atoms with E-state index in [0.717, 1.165) is 11.3 Å². The number of esters is 1. The fourth-order valence-electron chi connectivity index (χ4n) is 1.60. The molecule has 2 aromatic rings. The van der Waals surface area contributed by atoms with Gasteiger partial charge in [0.1, 0.15) is 6.61 Å². The van der Waals surface area contributed by atoms with E-state index >= 15 is 0 Å². The van der Waals surface area contributed by atoms with Crippen LogP contribution in [0.4, 0.5) is 5.69 Å². The molecule has 0 saturated heterocycles. The van der Waals surface area contributed by atoms with E-state index in [0.29, 0.717) is 5.02 Å². The topological polar surface area (TPSA) is 65.2 Å². The van der Waals surface area contributed by atoms with Gasteiger partial charge in [-0.2, -0.15) is 0 Å². The monoisotopic (exact) mass is 276 g/mol. The number of nitrogen functional groups attached to an aromatic ring is 1. The van der Waals surface area contributed by atoms with Crippen LogP contribution in [0.25, 0.3) is 0 Å². The molecule has 0 spiro atoms. The first kappa shape index (κ1) is 13.4. The fraction of sp³-hybridized carbons (Fsp3) is 0.143. The minimum absolute atomic E-state index is 0.109. The first-order valence-corrected chi connectivity index (χ1v) is 6.09. The lowest BCUT2D eigenvalue weighted by molar-refractivity contribution is 0.0468. The second-order valence-corrected chi connectivity index (χ2v) is 4.45. The lowest BCUT2D eigenvalue weighted by Crippen LogP contribution is -2.09. The zero-order valence-corrected chi connectivity index (χ0v) is 11.1. The largest absolute Gasteiger partial charge is 0.456 e. The van der Waals surface area contributed by atoms with E-state index in [1.807, 2.05) is 19.1 Å². The number of anilines is 1. The summed E-state index contributed by atoms with van der Waals surface area (Å²) in [7, 11) is 0. The smallest absolute Gasteiger partial charge is 0.340 e. The molecule has 0 aliphatic heterocycles. The molecule has 0 unspecified atom stereocenters. The maximum Gasteiger partial charge on any atom is 0.340 e. The van der Waals surface area contributed by atoms with E-state index in [1.54, 1.807) is 24.4 Å². The number of para-hydroxylation sites is 1. The van der Waals surface area contributed by atoms with Crippen LogP contribution in [-0.2, 0) is 11.3 Å². The molecular weight excluding hydrogens is 264 g/mol. The molecule has 2 rings (SSSR count). The minimum atomic E-state index is -0.509. The Hall–Kier alpha value is -2.07. The van der Waals surface area contributed by atoms with Crippen LogP contribution in [0.2, 0.25) is 5.02 Å². The maximum absolute atomic E-state index is 11.9. The maximum atomic E-state index is 11.9. The number of aryl methyl sites for hydroxylation is 1. The highest BCUT2D eigenvalue weighted by atomic mass is 35.5. The van der Waals surface area contributed by atoms with E-state index in [2.05, 4.69) is 4.98 Å². The van der Waals surface area contributed by atoms with Crippen molar-refractivity contribution in [3.8, 4) is 0 Å². The molecule has 1 heterocycles. The van der Waals surface area contributed by atoms with E-state index in [9.17, 15) is 4.79 Å². The number of aromatic nitrogens is 1. The second-order valence-electron chi connectivity index (χ2n) is 4.04. The van der Waals surface area contributed by atoms with Crippen LogP contribution in [0.1, 0.15) is 21.6 Å². The number of ether oxygens (including phenoxy) is 1.